The van der Waals surface area contributed by atoms with Gasteiger partial charge in [0.2, 0.25) is 0 Å². The van der Waals surface area contributed by atoms with Crippen LogP contribution in [-0.2, 0) is 6.54 Å². The fraction of sp³-hybridized carbons (Fsp3) is 0.400. The maximum atomic E-state index is 13.5. The number of alkyl halides is 1. The molecule has 1 aromatic rings. The normalized spacial score (nSPS) is 22.1. The number of phenolic OH excluding ortho intramolecular Hbond substituents is 1. The van der Waals surface area contributed by atoms with Crippen LogP contribution in [0.4, 0.5) is 4.39 Å². The SMILES string of the molecule is Oc1cccc2c1C(F)CCNC2. The van der Waals surface area contributed by atoms with Gasteiger partial charge in [0.25, 0.3) is 0 Å². The summed E-state index contributed by atoms with van der Waals surface area (Å²) < 4.78 is 13.5. The first-order valence-electron chi connectivity index (χ1n) is 4.44. The van der Waals surface area contributed by atoms with Gasteiger partial charge in [-0.05, 0) is 24.6 Å². The largest absolute Gasteiger partial charge is 0.508 e. The minimum Gasteiger partial charge on any atom is -0.508 e. The van der Waals surface area contributed by atoms with Crippen molar-refractivity contribution in [3.05, 3.63) is 29.3 Å². The molecule has 0 aromatic heterocycles. The van der Waals surface area contributed by atoms with Crippen molar-refractivity contribution in [2.24, 2.45) is 0 Å². The van der Waals surface area contributed by atoms with Crippen LogP contribution in [0.5, 0.6) is 5.75 Å². The van der Waals surface area contributed by atoms with Gasteiger partial charge in [-0.15, -0.1) is 0 Å². The first-order chi connectivity index (χ1) is 6.29. The Hall–Kier alpha value is -1.09. The van der Waals surface area contributed by atoms with Gasteiger partial charge >= 0.3 is 0 Å². The average molecular weight is 181 g/mol. The fourth-order valence-electron chi connectivity index (χ4n) is 1.71. The number of halogens is 1. The highest BCUT2D eigenvalue weighted by Gasteiger charge is 2.20. The van der Waals surface area contributed by atoms with Gasteiger partial charge < -0.3 is 10.4 Å². The first-order valence-corrected chi connectivity index (χ1v) is 4.44. The molecule has 2 rings (SSSR count). The molecule has 0 spiro atoms. The third-order valence-corrected chi connectivity index (χ3v) is 2.38. The summed E-state index contributed by atoms with van der Waals surface area (Å²) in [6.45, 7) is 1.30. The number of hydrogen-bond donors (Lipinski definition) is 2. The Bertz CT molecular complexity index is 314. The molecule has 1 heterocycles. The molecule has 1 aromatic carbocycles. The molecular weight excluding hydrogens is 169 g/mol. The highest BCUT2D eigenvalue weighted by atomic mass is 19.1. The van der Waals surface area contributed by atoms with Crippen molar-refractivity contribution < 1.29 is 9.50 Å². The molecule has 1 aliphatic heterocycles. The molecule has 2 nitrogen and oxygen atoms in total. The molecule has 0 aliphatic carbocycles. The summed E-state index contributed by atoms with van der Waals surface area (Å²) in [6.07, 6.45) is -0.601. The highest BCUT2D eigenvalue weighted by Crippen LogP contribution is 2.33. The van der Waals surface area contributed by atoms with E-state index in [4.69, 9.17) is 0 Å². The Morgan fingerprint density at radius 2 is 2.31 bits per heavy atom. The van der Waals surface area contributed by atoms with E-state index in [-0.39, 0.29) is 5.75 Å². The second kappa shape index (κ2) is 3.34. The maximum Gasteiger partial charge on any atom is 0.130 e. The number of nitrogens with one attached hydrogen (secondary N) is 1. The van der Waals surface area contributed by atoms with Gasteiger partial charge in [0.05, 0.1) is 0 Å². The van der Waals surface area contributed by atoms with Gasteiger partial charge in [-0.25, -0.2) is 4.39 Å². The van der Waals surface area contributed by atoms with E-state index in [0.29, 0.717) is 25.1 Å². The topological polar surface area (TPSA) is 32.3 Å². The smallest absolute Gasteiger partial charge is 0.130 e. The first kappa shape index (κ1) is 8.51. The summed E-state index contributed by atoms with van der Waals surface area (Å²) in [7, 11) is 0. The van der Waals surface area contributed by atoms with E-state index >= 15 is 0 Å². The van der Waals surface area contributed by atoms with E-state index in [9.17, 15) is 9.50 Å². The number of benzene rings is 1. The Labute approximate surface area is 76.4 Å². The van der Waals surface area contributed by atoms with Gasteiger partial charge in [0.15, 0.2) is 0 Å². The highest BCUT2D eigenvalue weighted by molar-refractivity contribution is 5.41. The van der Waals surface area contributed by atoms with Gasteiger partial charge in [-0.1, -0.05) is 12.1 Å². The van der Waals surface area contributed by atoms with Crippen LogP contribution in [0, 0.1) is 0 Å². The Morgan fingerprint density at radius 3 is 3.15 bits per heavy atom. The average Bonchev–Trinajstić information content (AvgIpc) is 2.29. The summed E-state index contributed by atoms with van der Waals surface area (Å²) in [5, 5.41) is 12.6. The van der Waals surface area contributed by atoms with Crippen LogP contribution in [0.15, 0.2) is 18.2 Å². The molecule has 2 N–H and O–H groups in total. The van der Waals surface area contributed by atoms with Crippen molar-refractivity contribution >= 4 is 0 Å². The molecular formula is C10H12FNO. The third-order valence-electron chi connectivity index (χ3n) is 2.38. The molecule has 0 amide bonds. The molecule has 1 atom stereocenters. The van der Waals surface area contributed by atoms with Crippen molar-refractivity contribution in [2.75, 3.05) is 6.54 Å². The van der Waals surface area contributed by atoms with Crippen LogP contribution < -0.4 is 5.32 Å². The lowest BCUT2D eigenvalue weighted by molar-refractivity contribution is 0.315. The van der Waals surface area contributed by atoms with E-state index in [1.165, 1.54) is 6.07 Å². The lowest BCUT2D eigenvalue weighted by atomic mass is 10.0. The Kier molecular flexibility index (Phi) is 2.19. The Morgan fingerprint density at radius 1 is 1.46 bits per heavy atom. The monoisotopic (exact) mass is 181 g/mol. The van der Waals surface area contributed by atoms with Gasteiger partial charge in [-0.2, -0.15) is 0 Å². The molecule has 13 heavy (non-hydrogen) atoms. The molecule has 70 valence electrons. The van der Waals surface area contributed by atoms with Gasteiger partial charge in [0.1, 0.15) is 11.9 Å². The van der Waals surface area contributed by atoms with Crippen molar-refractivity contribution in [2.45, 2.75) is 19.1 Å². The summed E-state index contributed by atoms with van der Waals surface area (Å²) in [4.78, 5) is 0. The van der Waals surface area contributed by atoms with Crippen LogP contribution >= 0.6 is 0 Å². The molecule has 3 heteroatoms. The molecule has 1 unspecified atom stereocenters. The maximum absolute atomic E-state index is 13.5. The number of fused-ring (bicyclic) bond motifs is 1. The summed E-state index contributed by atoms with van der Waals surface area (Å²) in [6, 6.07) is 5.13. The van der Waals surface area contributed by atoms with Crippen LogP contribution in [-0.4, -0.2) is 11.7 Å². The molecule has 0 fully saturated rings. The fourth-order valence-corrected chi connectivity index (χ4v) is 1.71. The zero-order chi connectivity index (χ0) is 9.26. The zero-order valence-electron chi connectivity index (χ0n) is 7.26. The molecule has 0 saturated carbocycles. The Balaban J connectivity index is 2.48. The lowest BCUT2D eigenvalue weighted by Crippen LogP contribution is -2.11. The predicted molar refractivity (Wildman–Crippen MR) is 48.3 cm³/mol. The quantitative estimate of drug-likeness (QED) is 0.640. The molecule has 0 bridgehead atoms. The molecule has 0 saturated heterocycles. The minimum absolute atomic E-state index is 0.0775. The molecule has 1 aliphatic rings. The van der Waals surface area contributed by atoms with Crippen LogP contribution in [0.1, 0.15) is 23.7 Å². The van der Waals surface area contributed by atoms with Crippen molar-refractivity contribution in [1.29, 1.82) is 0 Å². The van der Waals surface area contributed by atoms with Crippen molar-refractivity contribution in [3.8, 4) is 5.75 Å². The van der Waals surface area contributed by atoms with Gasteiger partial charge in [-0.3, -0.25) is 0 Å². The van der Waals surface area contributed by atoms with Crippen molar-refractivity contribution in [1.82, 2.24) is 5.32 Å². The predicted octanol–water partition coefficient (Wildman–Crippen LogP) is 1.90. The number of aromatic hydroxyl groups is 1. The second-order valence-electron chi connectivity index (χ2n) is 3.28. The van der Waals surface area contributed by atoms with E-state index < -0.39 is 6.17 Å². The standard InChI is InChI=1S/C10H12FNO/c11-8-4-5-12-6-7-2-1-3-9(13)10(7)8/h1-3,8,12-13H,4-6H2. The van der Waals surface area contributed by atoms with Crippen LogP contribution in [0.2, 0.25) is 0 Å². The molecule has 0 radical (unpaired) electrons. The summed E-state index contributed by atoms with van der Waals surface area (Å²) in [5.41, 5.74) is 1.33. The van der Waals surface area contributed by atoms with E-state index in [2.05, 4.69) is 5.32 Å². The van der Waals surface area contributed by atoms with E-state index in [0.717, 1.165) is 5.56 Å². The number of hydrogen-bond acceptors (Lipinski definition) is 2. The summed E-state index contributed by atoms with van der Waals surface area (Å²) in [5.74, 6) is 0.0775. The van der Waals surface area contributed by atoms with Crippen molar-refractivity contribution in [3.63, 3.8) is 0 Å². The third kappa shape index (κ3) is 1.52. The summed E-state index contributed by atoms with van der Waals surface area (Å²) >= 11 is 0. The second-order valence-corrected chi connectivity index (χ2v) is 3.28. The van der Waals surface area contributed by atoms with Crippen LogP contribution in [0.3, 0.4) is 0 Å². The lowest BCUT2D eigenvalue weighted by Gasteiger charge is -2.10. The van der Waals surface area contributed by atoms with Gasteiger partial charge in [0, 0.05) is 12.1 Å². The van der Waals surface area contributed by atoms with E-state index in [1.807, 2.05) is 6.07 Å². The number of rotatable bonds is 0. The van der Waals surface area contributed by atoms with Crippen LogP contribution in [0.25, 0.3) is 0 Å². The minimum atomic E-state index is -1.04. The number of phenols is 1. The zero-order valence-corrected chi connectivity index (χ0v) is 7.26. The van der Waals surface area contributed by atoms with E-state index in [1.54, 1.807) is 6.07 Å².